The number of hydrogen-bond acceptors (Lipinski definition) is 4. The van der Waals surface area contributed by atoms with Crippen LogP contribution in [-0.2, 0) is 0 Å². The van der Waals surface area contributed by atoms with Gasteiger partial charge in [0.15, 0.2) is 0 Å². The Hall–Kier alpha value is -3.18. The first-order valence-corrected chi connectivity index (χ1v) is 7.96. The van der Waals surface area contributed by atoms with E-state index in [-0.39, 0.29) is 11.9 Å². The molecule has 122 valence electrons. The van der Waals surface area contributed by atoms with Gasteiger partial charge in [-0.1, -0.05) is 47.0 Å². The summed E-state index contributed by atoms with van der Waals surface area (Å²) < 4.78 is 5.49. The lowest BCUT2D eigenvalue weighted by Gasteiger charge is -2.03. The predicted molar refractivity (Wildman–Crippen MR) is 96.6 cm³/mol. The van der Waals surface area contributed by atoms with E-state index >= 15 is 0 Å². The second kappa shape index (κ2) is 6.37. The van der Waals surface area contributed by atoms with E-state index in [1.807, 2.05) is 36.4 Å². The number of anilines is 1. The third kappa shape index (κ3) is 3.22. The number of rotatable bonds is 3. The van der Waals surface area contributed by atoms with Gasteiger partial charge in [-0.05, 0) is 47.2 Å². The molecule has 0 saturated heterocycles. The summed E-state index contributed by atoms with van der Waals surface area (Å²) in [5.41, 5.74) is 1.24. The Labute approximate surface area is 148 Å². The van der Waals surface area contributed by atoms with E-state index in [2.05, 4.69) is 15.5 Å². The summed E-state index contributed by atoms with van der Waals surface area (Å²) in [6, 6.07) is 20.4. The molecule has 3 aromatic carbocycles. The van der Waals surface area contributed by atoms with E-state index in [4.69, 9.17) is 16.0 Å². The molecule has 0 bridgehead atoms. The number of carbonyl (C=O) groups excluding carboxylic acids is 1. The van der Waals surface area contributed by atoms with Crippen LogP contribution in [0.4, 0.5) is 6.01 Å². The Bertz CT molecular complexity index is 1060. The molecule has 25 heavy (non-hydrogen) atoms. The van der Waals surface area contributed by atoms with Crippen LogP contribution in [-0.4, -0.2) is 16.1 Å². The number of halogens is 1. The van der Waals surface area contributed by atoms with Crippen molar-refractivity contribution >= 4 is 34.3 Å². The van der Waals surface area contributed by atoms with Gasteiger partial charge >= 0.3 is 6.01 Å². The maximum absolute atomic E-state index is 12.4. The molecule has 0 radical (unpaired) electrons. The molecule has 0 saturated carbocycles. The zero-order chi connectivity index (χ0) is 17.2. The summed E-state index contributed by atoms with van der Waals surface area (Å²) >= 11 is 5.86. The SMILES string of the molecule is O=C(Nc1nnc(-c2ccc(Cl)cc2)o1)c1ccc2ccccc2c1. The Morgan fingerprint density at radius 3 is 2.48 bits per heavy atom. The fourth-order valence-corrected chi connectivity index (χ4v) is 2.61. The summed E-state index contributed by atoms with van der Waals surface area (Å²) in [5.74, 6) is 0.00235. The number of nitrogens with one attached hydrogen (secondary N) is 1. The molecule has 4 rings (SSSR count). The maximum Gasteiger partial charge on any atom is 0.322 e. The highest BCUT2D eigenvalue weighted by Gasteiger charge is 2.13. The zero-order valence-electron chi connectivity index (χ0n) is 12.9. The van der Waals surface area contributed by atoms with Crippen molar-refractivity contribution in [1.29, 1.82) is 0 Å². The number of hydrogen-bond donors (Lipinski definition) is 1. The first-order chi connectivity index (χ1) is 12.2. The third-order valence-corrected chi connectivity index (χ3v) is 4.00. The fraction of sp³-hybridized carbons (Fsp3) is 0. The van der Waals surface area contributed by atoms with Gasteiger partial charge in [0.25, 0.3) is 5.91 Å². The van der Waals surface area contributed by atoms with Crippen LogP contribution >= 0.6 is 11.6 Å². The topological polar surface area (TPSA) is 68.0 Å². The van der Waals surface area contributed by atoms with Crippen molar-refractivity contribution in [2.24, 2.45) is 0 Å². The summed E-state index contributed by atoms with van der Waals surface area (Å²) in [5, 5.41) is 13.1. The van der Waals surface area contributed by atoms with Gasteiger partial charge in [-0.3, -0.25) is 10.1 Å². The number of carbonyl (C=O) groups is 1. The van der Waals surface area contributed by atoms with Gasteiger partial charge < -0.3 is 4.42 Å². The van der Waals surface area contributed by atoms with Crippen molar-refractivity contribution < 1.29 is 9.21 Å². The lowest BCUT2D eigenvalue weighted by Crippen LogP contribution is -2.12. The Morgan fingerprint density at radius 1 is 0.920 bits per heavy atom. The molecule has 1 N–H and O–H groups in total. The minimum Gasteiger partial charge on any atom is -0.403 e. The van der Waals surface area contributed by atoms with E-state index in [1.54, 1.807) is 30.3 Å². The maximum atomic E-state index is 12.4. The van der Waals surface area contributed by atoms with Crippen LogP contribution < -0.4 is 5.32 Å². The van der Waals surface area contributed by atoms with Crippen LogP contribution in [0.25, 0.3) is 22.2 Å². The van der Waals surface area contributed by atoms with Crippen molar-refractivity contribution in [1.82, 2.24) is 10.2 Å². The van der Waals surface area contributed by atoms with Crippen molar-refractivity contribution in [3.63, 3.8) is 0 Å². The quantitative estimate of drug-likeness (QED) is 0.577. The highest BCUT2D eigenvalue weighted by Crippen LogP contribution is 2.22. The number of aromatic nitrogens is 2. The molecule has 0 atom stereocenters. The van der Waals surface area contributed by atoms with Crippen LogP contribution in [0.3, 0.4) is 0 Å². The number of amides is 1. The molecule has 1 aromatic heterocycles. The third-order valence-electron chi connectivity index (χ3n) is 3.75. The highest BCUT2D eigenvalue weighted by atomic mass is 35.5. The fourth-order valence-electron chi connectivity index (χ4n) is 2.48. The molecule has 0 fully saturated rings. The van der Waals surface area contributed by atoms with E-state index in [9.17, 15) is 4.79 Å². The van der Waals surface area contributed by atoms with Gasteiger partial charge in [-0.15, -0.1) is 5.10 Å². The summed E-state index contributed by atoms with van der Waals surface area (Å²) in [6.45, 7) is 0. The van der Waals surface area contributed by atoms with E-state index in [0.717, 1.165) is 16.3 Å². The number of fused-ring (bicyclic) bond motifs is 1. The van der Waals surface area contributed by atoms with E-state index in [1.165, 1.54) is 0 Å². The smallest absolute Gasteiger partial charge is 0.322 e. The van der Waals surface area contributed by atoms with Crippen molar-refractivity contribution in [3.8, 4) is 11.5 Å². The normalized spacial score (nSPS) is 10.8. The van der Waals surface area contributed by atoms with Gasteiger partial charge in [0.05, 0.1) is 0 Å². The number of nitrogens with zero attached hydrogens (tertiary/aromatic N) is 2. The molecule has 0 spiro atoms. The van der Waals surface area contributed by atoms with Gasteiger partial charge in [-0.2, -0.15) is 0 Å². The average Bonchev–Trinajstić information content (AvgIpc) is 3.10. The molecular weight excluding hydrogens is 338 g/mol. The van der Waals surface area contributed by atoms with E-state index < -0.39 is 0 Å². The second-order valence-electron chi connectivity index (χ2n) is 5.44. The lowest BCUT2D eigenvalue weighted by atomic mass is 10.1. The zero-order valence-corrected chi connectivity index (χ0v) is 13.7. The van der Waals surface area contributed by atoms with Gasteiger partial charge in [0.1, 0.15) is 0 Å². The molecule has 0 aliphatic heterocycles. The van der Waals surface area contributed by atoms with Gasteiger partial charge in [0.2, 0.25) is 5.89 Å². The molecule has 5 nitrogen and oxygen atoms in total. The first-order valence-electron chi connectivity index (χ1n) is 7.59. The molecule has 0 aliphatic rings. The van der Waals surface area contributed by atoms with Crippen LogP contribution in [0.15, 0.2) is 71.1 Å². The minimum absolute atomic E-state index is 0.0445. The second-order valence-corrected chi connectivity index (χ2v) is 5.87. The van der Waals surface area contributed by atoms with Crippen LogP contribution in [0.1, 0.15) is 10.4 Å². The minimum atomic E-state index is -0.308. The molecule has 1 amide bonds. The molecular formula is C19H12ClN3O2. The molecule has 1 heterocycles. The van der Waals surface area contributed by atoms with Crippen LogP contribution in [0.2, 0.25) is 5.02 Å². The Kier molecular flexibility index (Phi) is 3.91. The predicted octanol–water partition coefficient (Wildman–Crippen LogP) is 4.80. The van der Waals surface area contributed by atoms with Crippen LogP contribution in [0.5, 0.6) is 0 Å². The molecule has 6 heteroatoms. The van der Waals surface area contributed by atoms with Crippen molar-refractivity contribution in [3.05, 3.63) is 77.3 Å². The Morgan fingerprint density at radius 2 is 1.68 bits per heavy atom. The van der Waals surface area contributed by atoms with Gasteiger partial charge in [-0.25, -0.2) is 0 Å². The van der Waals surface area contributed by atoms with Crippen molar-refractivity contribution in [2.45, 2.75) is 0 Å². The largest absolute Gasteiger partial charge is 0.403 e. The van der Waals surface area contributed by atoms with Gasteiger partial charge in [0, 0.05) is 16.1 Å². The summed E-state index contributed by atoms with van der Waals surface area (Å²) in [6.07, 6.45) is 0. The first kappa shape index (κ1) is 15.4. The van der Waals surface area contributed by atoms with E-state index in [0.29, 0.717) is 16.5 Å². The number of benzene rings is 3. The van der Waals surface area contributed by atoms with Crippen molar-refractivity contribution in [2.75, 3.05) is 5.32 Å². The monoisotopic (exact) mass is 349 g/mol. The standard InChI is InChI=1S/C19H12ClN3O2/c20-16-9-7-13(8-10-16)18-22-23-19(25-18)21-17(24)15-6-5-12-3-1-2-4-14(12)11-15/h1-11H,(H,21,23,24). The summed E-state index contributed by atoms with van der Waals surface area (Å²) in [7, 11) is 0. The average molecular weight is 350 g/mol. The summed E-state index contributed by atoms with van der Waals surface area (Å²) in [4.78, 5) is 12.4. The molecule has 0 aliphatic carbocycles. The Balaban J connectivity index is 1.55. The highest BCUT2D eigenvalue weighted by molar-refractivity contribution is 6.30. The lowest BCUT2D eigenvalue weighted by molar-refractivity contribution is 0.102. The van der Waals surface area contributed by atoms with Crippen LogP contribution in [0, 0.1) is 0 Å². The molecule has 0 unspecified atom stereocenters. The molecule has 4 aromatic rings.